The number of carbonyl (C=O) groups excluding carboxylic acids is 1. The van der Waals surface area contributed by atoms with Gasteiger partial charge in [0.1, 0.15) is 6.61 Å². The number of aliphatic hydroxyl groups excluding tert-OH is 1. The van der Waals surface area contributed by atoms with E-state index in [9.17, 15) is 4.79 Å². The molecule has 0 saturated carbocycles. The van der Waals surface area contributed by atoms with Gasteiger partial charge in [-0.1, -0.05) is 12.1 Å². The Morgan fingerprint density at radius 2 is 2.35 bits per heavy atom. The van der Waals surface area contributed by atoms with Gasteiger partial charge in [0.2, 0.25) is 0 Å². The second-order valence-electron chi connectivity index (χ2n) is 4.28. The molecule has 1 aliphatic rings. The van der Waals surface area contributed by atoms with Crippen LogP contribution in [0.5, 0.6) is 0 Å². The number of anilines is 1. The van der Waals surface area contributed by atoms with Gasteiger partial charge in [-0.15, -0.1) is 0 Å². The van der Waals surface area contributed by atoms with E-state index in [1.54, 1.807) is 4.90 Å². The first-order valence-electron chi connectivity index (χ1n) is 5.79. The van der Waals surface area contributed by atoms with Gasteiger partial charge in [0, 0.05) is 12.3 Å². The number of ether oxygens (including phenoxy) is 1. The molecule has 92 valence electrons. The molecule has 0 aliphatic carbocycles. The molecule has 1 unspecified atom stereocenters. The van der Waals surface area contributed by atoms with Crippen molar-refractivity contribution in [2.75, 3.05) is 24.7 Å². The van der Waals surface area contributed by atoms with Gasteiger partial charge in [-0.3, -0.25) is 4.79 Å². The summed E-state index contributed by atoms with van der Waals surface area (Å²) in [5, 5.41) is 9.03. The number of amides is 1. The van der Waals surface area contributed by atoms with E-state index in [-0.39, 0.29) is 25.2 Å². The molecule has 4 heteroatoms. The Balaban J connectivity index is 2.27. The molecule has 1 N–H and O–H groups in total. The molecular weight excluding hydrogens is 218 g/mol. The van der Waals surface area contributed by atoms with Crippen LogP contribution in [0.1, 0.15) is 12.0 Å². The number of nitrogens with zero attached hydrogens (tertiary/aromatic N) is 1. The van der Waals surface area contributed by atoms with Crippen LogP contribution < -0.4 is 4.90 Å². The molecular formula is C13H17NO3. The van der Waals surface area contributed by atoms with Gasteiger partial charge in [0.15, 0.2) is 0 Å². The van der Waals surface area contributed by atoms with Crippen LogP contribution in [0, 0.1) is 6.92 Å². The molecule has 4 nitrogen and oxygen atoms in total. The van der Waals surface area contributed by atoms with Crippen molar-refractivity contribution in [3.8, 4) is 0 Å². The second kappa shape index (κ2) is 5.29. The van der Waals surface area contributed by atoms with Crippen LogP contribution in [0.2, 0.25) is 0 Å². The highest BCUT2D eigenvalue weighted by molar-refractivity contribution is 5.95. The van der Waals surface area contributed by atoms with E-state index in [0.717, 1.165) is 11.3 Å². The van der Waals surface area contributed by atoms with Crippen LogP contribution in [0.3, 0.4) is 0 Å². The second-order valence-corrected chi connectivity index (χ2v) is 4.28. The fourth-order valence-electron chi connectivity index (χ4n) is 2.12. The van der Waals surface area contributed by atoms with E-state index in [2.05, 4.69) is 0 Å². The lowest BCUT2D eigenvalue weighted by Crippen LogP contribution is -2.50. The Bertz CT molecular complexity index is 403. The van der Waals surface area contributed by atoms with E-state index in [0.29, 0.717) is 13.0 Å². The summed E-state index contributed by atoms with van der Waals surface area (Å²) in [6.45, 7) is 2.66. The van der Waals surface area contributed by atoms with Crippen molar-refractivity contribution in [3.05, 3.63) is 29.8 Å². The zero-order valence-corrected chi connectivity index (χ0v) is 9.93. The summed E-state index contributed by atoms with van der Waals surface area (Å²) >= 11 is 0. The Kier molecular flexibility index (Phi) is 3.76. The summed E-state index contributed by atoms with van der Waals surface area (Å²) in [7, 11) is 0. The van der Waals surface area contributed by atoms with Gasteiger partial charge >= 0.3 is 0 Å². The third-order valence-corrected chi connectivity index (χ3v) is 2.91. The van der Waals surface area contributed by atoms with Crippen molar-refractivity contribution >= 4 is 11.6 Å². The average molecular weight is 235 g/mol. The molecule has 1 saturated heterocycles. The standard InChI is InChI=1S/C13H17NO3/c1-10-3-2-4-11(7-10)14-12(5-6-15)8-17-9-13(14)16/h2-4,7,12,15H,5-6,8-9H2,1H3. The molecule has 0 spiro atoms. The Labute approximate surface area is 101 Å². The number of carbonyl (C=O) groups is 1. The number of rotatable bonds is 3. The Hall–Kier alpha value is -1.39. The van der Waals surface area contributed by atoms with Crippen LogP contribution in [-0.2, 0) is 9.53 Å². The maximum atomic E-state index is 11.9. The van der Waals surface area contributed by atoms with E-state index in [1.807, 2.05) is 31.2 Å². The zero-order valence-electron chi connectivity index (χ0n) is 9.93. The maximum absolute atomic E-state index is 11.9. The maximum Gasteiger partial charge on any atom is 0.253 e. The fourth-order valence-corrected chi connectivity index (χ4v) is 2.12. The van der Waals surface area contributed by atoms with Crippen LogP contribution in [0.25, 0.3) is 0 Å². The summed E-state index contributed by atoms with van der Waals surface area (Å²) < 4.78 is 5.23. The van der Waals surface area contributed by atoms with Gasteiger partial charge in [0.25, 0.3) is 5.91 Å². The molecule has 1 aromatic carbocycles. The monoisotopic (exact) mass is 235 g/mol. The fraction of sp³-hybridized carbons (Fsp3) is 0.462. The molecule has 1 fully saturated rings. The largest absolute Gasteiger partial charge is 0.396 e. The third-order valence-electron chi connectivity index (χ3n) is 2.91. The lowest BCUT2D eigenvalue weighted by Gasteiger charge is -2.35. The number of hydrogen-bond donors (Lipinski definition) is 1. The summed E-state index contributed by atoms with van der Waals surface area (Å²) in [6.07, 6.45) is 0.541. The van der Waals surface area contributed by atoms with E-state index >= 15 is 0 Å². The predicted molar refractivity (Wildman–Crippen MR) is 65.0 cm³/mol. The highest BCUT2D eigenvalue weighted by Gasteiger charge is 2.29. The van der Waals surface area contributed by atoms with Gasteiger partial charge in [-0.2, -0.15) is 0 Å². The molecule has 0 aromatic heterocycles. The SMILES string of the molecule is Cc1cccc(N2C(=O)COCC2CCO)c1. The summed E-state index contributed by atoms with van der Waals surface area (Å²) in [6, 6.07) is 7.76. The molecule has 17 heavy (non-hydrogen) atoms. The minimum atomic E-state index is -0.0666. The number of hydrogen-bond acceptors (Lipinski definition) is 3. The van der Waals surface area contributed by atoms with Gasteiger partial charge in [-0.25, -0.2) is 0 Å². The normalized spacial score (nSPS) is 20.7. The highest BCUT2D eigenvalue weighted by atomic mass is 16.5. The molecule has 1 aromatic rings. The van der Waals surface area contributed by atoms with Crippen LogP contribution >= 0.6 is 0 Å². The highest BCUT2D eigenvalue weighted by Crippen LogP contribution is 2.22. The van der Waals surface area contributed by atoms with Crippen molar-refractivity contribution in [3.63, 3.8) is 0 Å². The van der Waals surface area contributed by atoms with Crippen molar-refractivity contribution in [2.45, 2.75) is 19.4 Å². The first kappa shape index (κ1) is 12.1. The summed E-state index contributed by atoms with van der Waals surface area (Å²) in [5.41, 5.74) is 2.00. The zero-order chi connectivity index (χ0) is 12.3. The molecule has 1 aliphatic heterocycles. The first-order chi connectivity index (χ1) is 8.22. The smallest absolute Gasteiger partial charge is 0.253 e. The minimum Gasteiger partial charge on any atom is -0.396 e. The van der Waals surface area contributed by atoms with Crippen molar-refractivity contribution in [1.82, 2.24) is 0 Å². The van der Waals surface area contributed by atoms with Crippen LogP contribution in [-0.4, -0.2) is 36.9 Å². The lowest BCUT2D eigenvalue weighted by atomic mass is 10.1. The number of benzene rings is 1. The Morgan fingerprint density at radius 1 is 1.53 bits per heavy atom. The lowest BCUT2D eigenvalue weighted by molar-refractivity contribution is -0.127. The van der Waals surface area contributed by atoms with Crippen molar-refractivity contribution < 1.29 is 14.6 Å². The third kappa shape index (κ3) is 2.65. The molecule has 1 amide bonds. The summed E-state index contributed by atoms with van der Waals surface area (Å²) in [5.74, 6) is -0.0414. The van der Waals surface area contributed by atoms with Crippen LogP contribution in [0.4, 0.5) is 5.69 Å². The molecule has 1 heterocycles. The topological polar surface area (TPSA) is 49.8 Å². The first-order valence-corrected chi connectivity index (χ1v) is 5.79. The van der Waals surface area contributed by atoms with E-state index < -0.39 is 0 Å². The van der Waals surface area contributed by atoms with Gasteiger partial charge < -0.3 is 14.7 Å². The van der Waals surface area contributed by atoms with E-state index in [1.165, 1.54) is 0 Å². The van der Waals surface area contributed by atoms with Crippen LogP contribution in [0.15, 0.2) is 24.3 Å². The number of morpholine rings is 1. The Morgan fingerprint density at radius 3 is 3.06 bits per heavy atom. The summed E-state index contributed by atoms with van der Waals surface area (Å²) in [4.78, 5) is 13.7. The molecule has 1 atom stereocenters. The van der Waals surface area contributed by atoms with E-state index in [4.69, 9.17) is 9.84 Å². The predicted octanol–water partition coefficient (Wildman–Crippen LogP) is 1.11. The quantitative estimate of drug-likeness (QED) is 0.853. The average Bonchev–Trinajstić information content (AvgIpc) is 2.29. The molecule has 0 radical (unpaired) electrons. The number of aryl methyl sites for hydroxylation is 1. The van der Waals surface area contributed by atoms with Gasteiger partial charge in [0.05, 0.1) is 12.6 Å². The minimum absolute atomic E-state index is 0.0414. The van der Waals surface area contributed by atoms with Gasteiger partial charge in [-0.05, 0) is 31.0 Å². The van der Waals surface area contributed by atoms with Crippen molar-refractivity contribution in [2.24, 2.45) is 0 Å². The molecule has 2 rings (SSSR count). The molecule has 0 bridgehead atoms. The number of aliphatic hydroxyl groups is 1. The van der Waals surface area contributed by atoms with Crippen molar-refractivity contribution in [1.29, 1.82) is 0 Å².